The molecule has 172 valence electrons. The van der Waals surface area contributed by atoms with Crippen molar-refractivity contribution in [2.24, 2.45) is 0 Å². The molecule has 0 unspecified atom stereocenters. The maximum Gasteiger partial charge on any atom is 0.208 e. The molecule has 0 spiro atoms. The standard InChI is InChI=1S/C20H26N6O3S3/c1-3-5-16-15(12-30-20-25-17(21)11-18(22)26-20)24-19(31-16)13-6-4-7-14(10-13)29-9-8-23-32(2,27)28/h4,6-7,10-11,23H,3,5,8-9,12H2,1-2H3,(H4,21,22,25,26). The van der Waals surface area contributed by atoms with Crippen LogP contribution in [0.5, 0.6) is 5.75 Å². The average Bonchev–Trinajstić information content (AvgIpc) is 3.12. The largest absolute Gasteiger partial charge is 0.492 e. The lowest BCUT2D eigenvalue weighted by Crippen LogP contribution is -2.26. The van der Waals surface area contributed by atoms with Gasteiger partial charge in [-0.25, -0.2) is 28.1 Å². The molecule has 5 N–H and O–H groups in total. The molecule has 1 aromatic carbocycles. The lowest BCUT2D eigenvalue weighted by Gasteiger charge is -2.07. The summed E-state index contributed by atoms with van der Waals surface area (Å²) in [5.74, 6) is 1.96. The van der Waals surface area contributed by atoms with Gasteiger partial charge in [-0.15, -0.1) is 11.3 Å². The van der Waals surface area contributed by atoms with Crippen molar-refractivity contribution in [1.29, 1.82) is 0 Å². The Bertz CT molecular complexity index is 1150. The number of aryl methyl sites for hydroxylation is 1. The number of rotatable bonds is 11. The zero-order chi connectivity index (χ0) is 23.1. The maximum atomic E-state index is 11.2. The van der Waals surface area contributed by atoms with Crippen LogP contribution in [-0.4, -0.2) is 42.8 Å². The van der Waals surface area contributed by atoms with Gasteiger partial charge in [-0.2, -0.15) is 0 Å². The van der Waals surface area contributed by atoms with Crippen molar-refractivity contribution in [3.8, 4) is 16.3 Å². The number of anilines is 2. The molecule has 0 bridgehead atoms. The van der Waals surface area contributed by atoms with Crippen LogP contribution in [0.4, 0.5) is 11.6 Å². The van der Waals surface area contributed by atoms with Crippen molar-refractivity contribution in [3.63, 3.8) is 0 Å². The lowest BCUT2D eigenvalue weighted by molar-refractivity contribution is 0.323. The Hall–Kier alpha value is -2.41. The molecule has 12 heteroatoms. The summed E-state index contributed by atoms with van der Waals surface area (Å²) < 4.78 is 30.4. The molecule has 2 aromatic heterocycles. The molecule has 32 heavy (non-hydrogen) atoms. The van der Waals surface area contributed by atoms with E-state index in [1.165, 1.54) is 22.7 Å². The first-order valence-electron chi connectivity index (χ1n) is 9.93. The number of ether oxygens (including phenoxy) is 1. The van der Waals surface area contributed by atoms with Gasteiger partial charge in [-0.1, -0.05) is 37.2 Å². The number of thiazole rings is 1. The van der Waals surface area contributed by atoms with E-state index in [9.17, 15) is 8.42 Å². The minimum Gasteiger partial charge on any atom is -0.492 e. The van der Waals surface area contributed by atoms with Crippen LogP contribution in [0.15, 0.2) is 35.5 Å². The van der Waals surface area contributed by atoms with E-state index in [1.807, 2.05) is 24.3 Å². The van der Waals surface area contributed by atoms with Crippen molar-refractivity contribution in [1.82, 2.24) is 19.7 Å². The van der Waals surface area contributed by atoms with Gasteiger partial charge in [0.1, 0.15) is 29.0 Å². The summed E-state index contributed by atoms with van der Waals surface area (Å²) in [6.45, 7) is 2.58. The van der Waals surface area contributed by atoms with Gasteiger partial charge in [0, 0.05) is 28.8 Å². The lowest BCUT2D eigenvalue weighted by atomic mass is 10.2. The molecule has 0 aliphatic carbocycles. The van der Waals surface area contributed by atoms with E-state index in [1.54, 1.807) is 11.3 Å². The fourth-order valence-electron chi connectivity index (χ4n) is 2.82. The fraction of sp³-hybridized carbons (Fsp3) is 0.350. The molecule has 0 saturated heterocycles. The molecular formula is C20H26N6O3S3. The number of nitrogens with one attached hydrogen (secondary N) is 1. The quantitative estimate of drug-likeness (QED) is 0.208. The van der Waals surface area contributed by atoms with E-state index in [-0.39, 0.29) is 13.2 Å². The Morgan fingerprint density at radius 2 is 1.91 bits per heavy atom. The maximum absolute atomic E-state index is 11.2. The number of benzene rings is 1. The summed E-state index contributed by atoms with van der Waals surface area (Å²) in [4.78, 5) is 14.5. The topological polar surface area (TPSA) is 146 Å². The fourth-order valence-corrected chi connectivity index (χ4v) is 5.38. The van der Waals surface area contributed by atoms with Gasteiger partial charge in [0.25, 0.3) is 0 Å². The number of nitrogen functional groups attached to an aromatic ring is 2. The predicted octanol–water partition coefficient (Wildman–Crippen LogP) is 2.94. The van der Waals surface area contributed by atoms with E-state index in [0.29, 0.717) is 28.3 Å². The Morgan fingerprint density at radius 1 is 1.16 bits per heavy atom. The van der Waals surface area contributed by atoms with E-state index in [4.69, 9.17) is 21.2 Å². The summed E-state index contributed by atoms with van der Waals surface area (Å²) in [6, 6.07) is 9.15. The number of hydrogen-bond acceptors (Lipinski definition) is 10. The van der Waals surface area contributed by atoms with Crippen LogP contribution in [0, 0.1) is 0 Å². The van der Waals surface area contributed by atoms with Gasteiger partial charge in [0.15, 0.2) is 5.16 Å². The van der Waals surface area contributed by atoms with Crippen molar-refractivity contribution in [2.45, 2.75) is 30.7 Å². The molecule has 0 fully saturated rings. The summed E-state index contributed by atoms with van der Waals surface area (Å²) in [7, 11) is -3.23. The van der Waals surface area contributed by atoms with Gasteiger partial charge in [-0.05, 0) is 18.6 Å². The number of aromatic nitrogens is 3. The first-order valence-corrected chi connectivity index (χ1v) is 13.6. The molecule has 0 radical (unpaired) electrons. The SMILES string of the molecule is CCCc1sc(-c2cccc(OCCNS(C)(=O)=O)c2)nc1CSc1nc(N)cc(N)n1. The number of nitrogens with two attached hydrogens (primary N) is 2. The molecular weight excluding hydrogens is 468 g/mol. The normalized spacial score (nSPS) is 11.6. The third-order valence-corrected chi connectivity index (χ3v) is 6.95. The highest BCUT2D eigenvalue weighted by Gasteiger charge is 2.14. The third kappa shape index (κ3) is 7.33. The molecule has 2 heterocycles. The van der Waals surface area contributed by atoms with Crippen molar-refractivity contribution >= 4 is 44.8 Å². The van der Waals surface area contributed by atoms with Crippen LogP contribution < -0.4 is 20.9 Å². The van der Waals surface area contributed by atoms with Gasteiger partial charge in [0.2, 0.25) is 10.0 Å². The minimum atomic E-state index is -3.23. The zero-order valence-corrected chi connectivity index (χ0v) is 20.3. The molecule has 0 aliphatic heterocycles. The Kier molecular flexibility index (Phi) is 8.29. The predicted molar refractivity (Wildman–Crippen MR) is 130 cm³/mol. The summed E-state index contributed by atoms with van der Waals surface area (Å²) in [6.07, 6.45) is 3.06. The van der Waals surface area contributed by atoms with Crippen LogP contribution in [-0.2, 0) is 22.2 Å². The van der Waals surface area contributed by atoms with Gasteiger partial charge >= 0.3 is 0 Å². The Labute approximate surface area is 196 Å². The average molecular weight is 495 g/mol. The van der Waals surface area contributed by atoms with E-state index < -0.39 is 10.0 Å². The highest BCUT2D eigenvalue weighted by atomic mass is 32.2. The number of hydrogen-bond donors (Lipinski definition) is 3. The van der Waals surface area contributed by atoms with Gasteiger partial charge in [0.05, 0.1) is 11.9 Å². The minimum absolute atomic E-state index is 0.207. The van der Waals surface area contributed by atoms with Crippen LogP contribution in [0.3, 0.4) is 0 Å². The molecule has 0 amide bonds. The smallest absolute Gasteiger partial charge is 0.208 e. The second kappa shape index (κ2) is 10.9. The van der Waals surface area contributed by atoms with Crippen molar-refractivity contribution in [3.05, 3.63) is 40.9 Å². The summed E-state index contributed by atoms with van der Waals surface area (Å²) >= 11 is 3.11. The highest BCUT2D eigenvalue weighted by Crippen LogP contribution is 2.33. The van der Waals surface area contributed by atoms with E-state index >= 15 is 0 Å². The Morgan fingerprint density at radius 3 is 2.59 bits per heavy atom. The highest BCUT2D eigenvalue weighted by molar-refractivity contribution is 7.98. The zero-order valence-electron chi connectivity index (χ0n) is 17.9. The van der Waals surface area contributed by atoms with Crippen LogP contribution in [0.2, 0.25) is 0 Å². The second-order valence-corrected chi connectivity index (χ2v) is 10.8. The van der Waals surface area contributed by atoms with E-state index in [0.717, 1.165) is 35.4 Å². The summed E-state index contributed by atoms with van der Waals surface area (Å²) in [5, 5.41) is 1.43. The van der Waals surface area contributed by atoms with Gasteiger partial charge in [-0.3, -0.25) is 0 Å². The molecule has 3 aromatic rings. The molecule has 9 nitrogen and oxygen atoms in total. The van der Waals surface area contributed by atoms with Crippen molar-refractivity contribution in [2.75, 3.05) is 30.9 Å². The Balaban J connectivity index is 1.72. The van der Waals surface area contributed by atoms with Gasteiger partial charge < -0.3 is 16.2 Å². The second-order valence-electron chi connectivity index (χ2n) is 6.97. The van der Waals surface area contributed by atoms with Crippen LogP contribution >= 0.6 is 23.1 Å². The van der Waals surface area contributed by atoms with Crippen LogP contribution in [0.1, 0.15) is 23.9 Å². The summed E-state index contributed by atoms with van der Waals surface area (Å²) in [5.41, 5.74) is 13.5. The van der Waals surface area contributed by atoms with Crippen LogP contribution in [0.25, 0.3) is 10.6 Å². The van der Waals surface area contributed by atoms with Crippen molar-refractivity contribution < 1.29 is 13.2 Å². The first-order chi connectivity index (χ1) is 15.2. The number of sulfonamides is 1. The monoisotopic (exact) mass is 494 g/mol. The molecule has 0 saturated carbocycles. The third-order valence-electron chi connectivity index (χ3n) is 4.15. The molecule has 0 aliphatic rings. The first kappa shape index (κ1) is 24.2. The molecule has 3 rings (SSSR count). The molecule has 0 atom stereocenters. The number of nitrogens with zero attached hydrogens (tertiary/aromatic N) is 3. The van der Waals surface area contributed by atoms with E-state index in [2.05, 4.69) is 21.6 Å². The number of thioether (sulfide) groups is 1.